The molecular formula is C9H15NO7. The van der Waals surface area contributed by atoms with Crippen LogP contribution in [0.4, 0.5) is 0 Å². The normalized spacial score (nSPS) is 27.1. The molecule has 17 heavy (non-hydrogen) atoms. The van der Waals surface area contributed by atoms with Crippen LogP contribution in [-0.4, -0.2) is 73.4 Å². The van der Waals surface area contributed by atoms with Gasteiger partial charge in [-0.25, -0.2) is 9.59 Å². The van der Waals surface area contributed by atoms with Crippen molar-refractivity contribution in [3.05, 3.63) is 0 Å². The zero-order valence-electron chi connectivity index (χ0n) is 8.98. The van der Waals surface area contributed by atoms with Gasteiger partial charge in [-0.05, 0) is 12.8 Å². The van der Waals surface area contributed by atoms with Crippen molar-refractivity contribution in [2.24, 2.45) is 0 Å². The van der Waals surface area contributed by atoms with Crippen molar-refractivity contribution >= 4 is 11.9 Å². The predicted molar refractivity (Wildman–Crippen MR) is 53.0 cm³/mol. The molecule has 1 saturated heterocycles. The largest absolute Gasteiger partial charge is 0.479 e. The molecule has 1 rings (SSSR count). The molecule has 5 N–H and O–H groups in total. The van der Waals surface area contributed by atoms with Gasteiger partial charge in [-0.3, -0.25) is 4.90 Å². The van der Waals surface area contributed by atoms with Crippen molar-refractivity contribution in [2.45, 2.75) is 30.8 Å². The minimum Gasteiger partial charge on any atom is -0.479 e. The van der Waals surface area contributed by atoms with Crippen LogP contribution in [0.1, 0.15) is 12.8 Å². The summed E-state index contributed by atoms with van der Waals surface area (Å²) in [5.74, 6) is -3.70. The number of aliphatic hydroxyl groups is 3. The van der Waals surface area contributed by atoms with Crippen LogP contribution >= 0.6 is 0 Å². The van der Waals surface area contributed by atoms with Gasteiger partial charge in [0, 0.05) is 13.1 Å². The van der Waals surface area contributed by atoms with E-state index in [9.17, 15) is 24.9 Å². The SMILES string of the molecule is O=C(O)C(O)C(O)(C(=O)O)N1CCC[C@H](O)C1. The molecule has 98 valence electrons. The summed E-state index contributed by atoms with van der Waals surface area (Å²) in [5.41, 5.74) is -2.92. The van der Waals surface area contributed by atoms with Crippen LogP contribution in [0, 0.1) is 0 Å². The highest BCUT2D eigenvalue weighted by molar-refractivity contribution is 5.86. The molecule has 0 radical (unpaired) electrons. The van der Waals surface area contributed by atoms with E-state index < -0.39 is 29.9 Å². The quantitative estimate of drug-likeness (QED) is 0.373. The van der Waals surface area contributed by atoms with Gasteiger partial charge in [0.1, 0.15) is 0 Å². The lowest BCUT2D eigenvalue weighted by molar-refractivity contribution is -0.221. The van der Waals surface area contributed by atoms with E-state index >= 15 is 0 Å². The predicted octanol–water partition coefficient (Wildman–Crippen LogP) is -2.34. The molecule has 0 aromatic carbocycles. The second-order valence-corrected chi connectivity index (χ2v) is 4.01. The molecule has 0 aromatic rings. The lowest BCUT2D eigenvalue weighted by Crippen LogP contribution is -2.66. The van der Waals surface area contributed by atoms with Crippen molar-refractivity contribution in [3.63, 3.8) is 0 Å². The summed E-state index contributed by atoms with van der Waals surface area (Å²) in [5, 5.41) is 46.0. The van der Waals surface area contributed by atoms with Crippen LogP contribution in [0.15, 0.2) is 0 Å². The summed E-state index contributed by atoms with van der Waals surface area (Å²) in [6.07, 6.45) is -2.49. The number of carboxylic acid groups (broad SMARTS) is 2. The zero-order valence-corrected chi connectivity index (χ0v) is 8.98. The van der Waals surface area contributed by atoms with E-state index in [1.807, 2.05) is 0 Å². The van der Waals surface area contributed by atoms with Crippen molar-refractivity contribution in [1.29, 1.82) is 0 Å². The van der Waals surface area contributed by atoms with Crippen LogP contribution < -0.4 is 0 Å². The van der Waals surface area contributed by atoms with E-state index in [0.717, 1.165) is 4.90 Å². The van der Waals surface area contributed by atoms with Gasteiger partial charge in [0.25, 0.3) is 5.72 Å². The van der Waals surface area contributed by atoms with Gasteiger partial charge >= 0.3 is 11.9 Å². The maximum absolute atomic E-state index is 11.0. The van der Waals surface area contributed by atoms with E-state index in [-0.39, 0.29) is 13.1 Å². The van der Waals surface area contributed by atoms with Crippen molar-refractivity contribution < 1.29 is 35.1 Å². The van der Waals surface area contributed by atoms with E-state index in [4.69, 9.17) is 10.2 Å². The first-order chi connectivity index (χ1) is 7.80. The first-order valence-corrected chi connectivity index (χ1v) is 5.10. The van der Waals surface area contributed by atoms with E-state index in [1.54, 1.807) is 0 Å². The first kappa shape index (κ1) is 13.8. The zero-order chi connectivity index (χ0) is 13.2. The Kier molecular flexibility index (Phi) is 4.04. The third kappa shape index (κ3) is 2.55. The third-order valence-corrected chi connectivity index (χ3v) is 2.81. The number of β-amino-alcohol motifs (C(OH)–C–C–N with tert-alkyl or cyclic N) is 1. The molecule has 2 unspecified atom stereocenters. The fourth-order valence-electron chi connectivity index (χ4n) is 1.86. The second-order valence-electron chi connectivity index (χ2n) is 4.01. The van der Waals surface area contributed by atoms with Crippen LogP contribution in [-0.2, 0) is 9.59 Å². The number of nitrogens with zero attached hydrogens (tertiary/aromatic N) is 1. The summed E-state index contributed by atoms with van der Waals surface area (Å²) in [4.78, 5) is 22.5. The highest BCUT2D eigenvalue weighted by atomic mass is 16.5. The Morgan fingerprint density at radius 3 is 2.35 bits per heavy atom. The molecule has 1 fully saturated rings. The number of hydrogen-bond donors (Lipinski definition) is 5. The minimum absolute atomic E-state index is 0.0875. The van der Waals surface area contributed by atoms with Crippen molar-refractivity contribution in [3.8, 4) is 0 Å². The number of aliphatic hydroxyl groups excluding tert-OH is 2. The molecular weight excluding hydrogens is 234 g/mol. The summed E-state index contributed by atoms with van der Waals surface area (Å²) >= 11 is 0. The summed E-state index contributed by atoms with van der Waals surface area (Å²) in [6.45, 7) is -0.114. The molecule has 3 atom stereocenters. The number of hydrogen-bond acceptors (Lipinski definition) is 6. The Balaban J connectivity index is 2.98. The molecule has 0 amide bonds. The molecule has 0 bridgehead atoms. The lowest BCUT2D eigenvalue weighted by atomic mass is 9.99. The highest BCUT2D eigenvalue weighted by Crippen LogP contribution is 2.23. The molecule has 1 heterocycles. The molecule has 0 aromatic heterocycles. The Morgan fingerprint density at radius 1 is 1.35 bits per heavy atom. The number of piperidine rings is 1. The Bertz CT molecular complexity index is 320. The Morgan fingerprint density at radius 2 is 1.94 bits per heavy atom. The molecule has 0 spiro atoms. The standard InChI is InChI=1S/C9H15NO7/c11-5-2-1-3-10(4-5)9(17,8(15)16)6(12)7(13)14/h5-6,11-12,17H,1-4H2,(H,13,14)(H,15,16)/t5-,6?,9?/m0/s1. The van der Waals surface area contributed by atoms with Gasteiger partial charge in [0.05, 0.1) is 6.10 Å². The van der Waals surface area contributed by atoms with Crippen LogP contribution in [0.25, 0.3) is 0 Å². The topological polar surface area (TPSA) is 139 Å². The minimum atomic E-state index is -2.92. The fourth-order valence-corrected chi connectivity index (χ4v) is 1.86. The van der Waals surface area contributed by atoms with E-state index in [1.165, 1.54) is 0 Å². The average molecular weight is 249 g/mol. The molecule has 8 heteroatoms. The van der Waals surface area contributed by atoms with Crippen LogP contribution in [0.5, 0.6) is 0 Å². The molecule has 0 saturated carbocycles. The van der Waals surface area contributed by atoms with Crippen LogP contribution in [0.3, 0.4) is 0 Å². The molecule has 1 aliphatic heterocycles. The van der Waals surface area contributed by atoms with Gasteiger partial charge in [0.2, 0.25) is 6.10 Å². The fraction of sp³-hybridized carbons (Fsp3) is 0.778. The highest BCUT2D eigenvalue weighted by Gasteiger charge is 2.53. The summed E-state index contributed by atoms with van der Waals surface area (Å²) in [7, 11) is 0. The Hall–Kier alpha value is -1.22. The lowest BCUT2D eigenvalue weighted by Gasteiger charge is -2.41. The van der Waals surface area contributed by atoms with Gasteiger partial charge in [-0.2, -0.15) is 0 Å². The van der Waals surface area contributed by atoms with Gasteiger partial charge in [-0.15, -0.1) is 0 Å². The van der Waals surface area contributed by atoms with Crippen molar-refractivity contribution in [2.75, 3.05) is 13.1 Å². The maximum atomic E-state index is 11.0. The maximum Gasteiger partial charge on any atom is 0.355 e. The summed E-state index contributed by atoms with van der Waals surface area (Å²) < 4.78 is 0. The second kappa shape index (κ2) is 4.96. The molecule has 1 aliphatic rings. The number of rotatable bonds is 4. The number of carboxylic acids is 2. The van der Waals surface area contributed by atoms with Gasteiger partial charge in [0.15, 0.2) is 0 Å². The monoisotopic (exact) mass is 249 g/mol. The van der Waals surface area contributed by atoms with Crippen LogP contribution in [0.2, 0.25) is 0 Å². The van der Waals surface area contributed by atoms with Gasteiger partial charge in [-0.1, -0.05) is 0 Å². The summed E-state index contributed by atoms with van der Waals surface area (Å²) in [6, 6.07) is 0. The number of aliphatic carboxylic acids is 2. The number of likely N-dealkylation sites (tertiary alicyclic amines) is 1. The third-order valence-electron chi connectivity index (χ3n) is 2.81. The molecule has 8 nitrogen and oxygen atoms in total. The van der Waals surface area contributed by atoms with Gasteiger partial charge < -0.3 is 25.5 Å². The Labute approximate surface area is 96.7 Å². The van der Waals surface area contributed by atoms with Crippen molar-refractivity contribution in [1.82, 2.24) is 4.90 Å². The number of carbonyl (C=O) groups is 2. The average Bonchev–Trinajstić information content (AvgIpc) is 2.26. The van der Waals surface area contributed by atoms with E-state index in [0.29, 0.717) is 12.8 Å². The van der Waals surface area contributed by atoms with E-state index in [2.05, 4.69) is 0 Å². The first-order valence-electron chi connectivity index (χ1n) is 5.10. The smallest absolute Gasteiger partial charge is 0.355 e. The molecule has 0 aliphatic carbocycles.